The van der Waals surface area contributed by atoms with Crippen molar-refractivity contribution in [2.24, 2.45) is 0 Å². The summed E-state index contributed by atoms with van der Waals surface area (Å²) in [6.07, 6.45) is 6.76. The fourth-order valence-electron chi connectivity index (χ4n) is 4.03. The van der Waals surface area contributed by atoms with Crippen molar-refractivity contribution in [1.82, 2.24) is 0 Å². The molecule has 31 heavy (non-hydrogen) atoms. The lowest BCUT2D eigenvalue weighted by molar-refractivity contribution is 0.0839. The van der Waals surface area contributed by atoms with E-state index in [0.29, 0.717) is 16.9 Å². The van der Waals surface area contributed by atoms with Crippen LogP contribution >= 0.6 is 0 Å². The third-order valence-corrected chi connectivity index (χ3v) is 5.62. The number of carbonyl (C=O) groups excluding carboxylic acids is 1. The summed E-state index contributed by atoms with van der Waals surface area (Å²) in [4.78, 5) is 12.8. The smallest absolute Gasteiger partial charge is 0.174 e. The zero-order valence-corrected chi connectivity index (χ0v) is 17.8. The topological polar surface area (TPSA) is 96.2 Å². The van der Waals surface area contributed by atoms with Crippen LogP contribution in [0.1, 0.15) is 67.6 Å². The fourth-order valence-corrected chi connectivity index (χ4v) is 4.03. The average molecular weight is 422 g/mol. The summed E-state index contributed by atoms with van der Waals surface area (Å²) in [7, 11) is 0. The van der Waals surface area contributed by atoms with Gasteiger partial charge in [-0.25, -0.2) is 0 Å². The number of phenols is 3. The maximum atomic E-state index is 12.8. The molecule has 0 saturated heterocycles. The van der Waals surface area contributed by atoms with Crippen molar-refractivity contribution in [1.29, 1.82) is 0 Å². The lowest BCUT2D eigenvalue weighted by Crippen LogP contribution is -2.32. The first-order chi connectivity index (χ1) is 14.6. The monoisotopic (exact) mass is 422 g/mol. The average Bonchev–Trinajstić information content (AvgIpc) is 2.66. The molecule has 6 heteroatoms. The van der Waals surface area contributed by atoms with Gasteiger partial charge >= 0.3 is 0 Å². The minimum atomic E-state index is -0.696. The van der Waals surface area contributed by atoms with Crippen molar-refractivity contribution in [3.63, 3.8) is 0 Å². The van der Waals surface area contributed by atoms with Gasteiger partial charge in [0.05, 0.1) is 12.0 Å². The van der Waals surface area contributed by atoms with Crippen LogP contribution in [-0.2, 0) is 0 Å². The van der Waals surface area contributed by atoms with Gasteiger partial charge in [0.2, 0.25) is 0 Å². The van der Waals surface area contributed by atoms with Gasteiger partial charge in [-0.15, -0.1) is 0 Å². The number of allylic oxidation sites excluding steroid dienone is 2. The first-order valence-corrected chi connectivity index (χ1v) is 10.3. The Kier molecular flexibility index (Phi) is 5.17. The zero-order valence-electron chi connectivity index (χ0n) is 17.8. The highest BCUT2D eigenvalue weighted by Gasteiger charge is 2.36. The number of rotatable bonds is 4. The van der Waals surface area contributed by atoms with E-state index in [9.17, 15) is 20.1 Å². The zero-order chi connectivity index (χ0) is 22.3. The first-order valence-electron chi connectivity index (χ1n) is 10.3. The minimum Gasteiger partial charge on any atom is -0.508 e. The van der Waals surface area contributed by atoms with Crippen LogP contribution < -0.4 is 9.47 Å². The molecule has 0 saturated carbocycles. The van der Waals surface area contributed by atoms with E-state index in [1.54, 1.807) is 12.1 Å². The number of ketones is 1. The molecule has 2 atom stereocenters. The molecule has 162 valence electrons. The second kappa shape index (κ2) is 7.69. The third kappa shape index (κ3) is 4.10. The van der Waals surface area contributed by atoms with Crippen molar-refractivity contribution >= 4 is 11.9 Å². The van der Waals surface area contributed by atoms with E-state index in [2.05, 4.69) is 19.9 Å². The van der Waals surface area contributed by atoms with E-state index in [4.69, 9.17) is 9.47 Å². The summed E-state index contributed by atoms with van der Waals surface area (Å²) in [5, 5.41) is 30.4. The molecule has 2 unspecified atom stereocenters. The number of hydrogen-bond donors (Lipinski definition) is 3. The fraction of sp³-hybridized carbons (Fsp3) is 0.320. The predicted octanol–water partition coefficient (Wildman–Crippen LogP) is 5.42. The second-order valence-corrected chi connectivity index (χ2v) is 8.59. The first kappa shape index (κ1) is 20.8. The van der Waals surface area contributed by atoms with Crippen molar-refractivity contribution in [3.8, 4) is 28.7 Å². The van der Waals surface area contributed by atoms with Crippen molar-refractivity contribution < 1.29 is 29.6 Å². The Morgan fingerprint density at radius 3 is 2.52 bits per heavy atom. The lowest BCUT2D eigenvalue weighted by Gasteiger charge is -2.34. The molecule has 0 spiro atoms. The van der Waals surface area contributed by atoms with Gasteiger partial charge in [0.25, 0.3) is 0 Å². The minimum absolute atomic E-state index is 0.0206. The van der Waals surface area contributed by atoms with E-state index in [1.807, 2.05) is 13.0 Å². The summed E-state index contributed by atoms with van der Waals surface area (Å²) < 4.78 is 12.2. The van der Waals surface area contributed by atoms with E-state index >= 15 is 0 Å². The van der Waals surface area contributed by atoms with Gasteiger partial charge < -0.3 is 24.8 Å². The van der Waals surface area contributed by atoms with Crippen LogP contribution in [0.15, 0.2) is 42.0 Å². The maximum Gasteiger partial charge on any atom is 0.174 e. The Morgan fingerprint density at radius 2 is 1.84 bits per heavy atom. The van der Waals surface area contributed by atoms with Crippen LogP contribution in [0.4, 0.5) is 0 Å². The van der Waals surface area contributed by atoms with E-state index < -0.39 is 11.7 Å². The molecule has 0 aromatic heterocycles. The normalized spacial score (nSPS) is 21.5. The van der Waals surface area contributed by atoms with Crippen LogP contribution in [0.2, 0.25) is 0 Å². The highest BCUT2D eigenvalue weighted by molar-refractivity contribution is 6.04. The standard InChI is InChI=1S/C25H26O6/c1-14(2)5-4-7-25(3)8-6-18-21(31-25)13-22-23(24(18)29)19(28)12-20(30-22)15-9-16(26)11-17(27)10-15/h5-6,8-11,13,20,26-27,29H,4,7,12H2,1-3H3. The molecule has 6 nitrogen and oxygen atoms in total. The molecule has 2 aromatic rings. The van der Waals surface area contributed by atoms with E-state index in [-0.39, 0.29) is 40.8 Å². The third-order valence-electron chi connectivity index (χ3n) is 5.62. The van der Waals surface area contributed by atoms with Crippen LogP contribution in [0.5, 0.6) is 28.7 Å². The number of phenolic OH excluding ortho intramolecular Hbond substituents is 3. The summed E-state index contributed by atoms with van der Waals surface area (Å²) in [5.41, 5.74) is 1.76. The number of fused-ring (bicyclic) bond motifs is 2. The summed E-state index contributed by atoms with van der Waals surface area (Å²) in [6.45, 7) is 6.08. The number of hydrogen-bond acceptors (Lipinski definition) is 6. The summed E-state index contributed by atoms with van der Waals surface area (Å²) >= 11 is 0. The molecule has 0 aliphatic carbocycles. The second-order valence-electron chi connectivity index (χ2n) is 8.59. The molecular weight excluding hydrogens is 396 g/mol. The van der Waals surface area contributed by atoms with Gasteiger partial charge in [-0.3, -0.25) is 4.79 Å². The van der Waals surface area contributed by atoms with Gasteiger partial charge in [0.15, 0.2) is 5.78 Å². The van der Waals surface area contributed by atoms with E-state index in [0.717, 1.165) is 12.8 Å². The van der Waals surface area contributed by atoms with Crippen LogP contribution in [0, 0.1) is 0 Å². The maximum absolute atomic E-state index is 12.8. The largest absolute Gasteiger partial charge is 0.508 e. The number of Topliss-reactive ketones (excluding diaryl/α,β-unsaturated/α-hetero) is 1. The highest BCUT2D eigenvalue weighted by Crippen LogP contribution is 2.48. The van der Waals surface area contributed by atoms with Crippen LogP contribution in [0.25, 0.3) is 6.08 Å². The Morgan fingerprint density at radius 1 is 1.13 bits per heavy atom. The number of aromatic hydroxyl groups is 3. The van der Waals surface area contributed by atoms with Crippen molar-refractivity contribution in [2.45, 2.75) is 51.7 Å². The molecule has 0 fully saturated rings. The molecule has 0 amide bonds. The van der Waals surface area contributed by atoms with Gasteiger partial charge in [-0.1, -0.05) is 11.6 Å². The van der Waals surface area contributed by atoms with Crippen molar-refractivity contribution in [3.05, 3.63) is 58.7 Å². The van der Waals surface area contributed by atoms with Crippen LogP contribution in [0.3, 0.4) is 0 Å². The molecule has 4 rings (SSSR count). The molecule has 2 aromatic carbocycles. The number of carbonyl (C=O) groups is 1. The molecule has 2 aliphatic heterocycles. The Bertz CT molecular complexity index is 1090. The van der Waals surface area contributed by atoms with Gasteiger partial charge in [0.1, 0.15) is 46.0 Å². The highest BCUT2D eigenvalue weighted by atomic mass is 16.5. The lowest BCUT2D eigenvalue weighted by atomic mass is 9.90. The SMILES string of the molecule is CC(C)=CCCC1(C)C=Cc2c(cc3c(c2O)C(=O)CC(c2cc(O)cc(O)c2)O3)O1. The Labute approximate surface area is 181 Å². The van der Waals surface area contributed by atoms with E-state index in [1.165, 1.54) is 23.8 Å². The van der Waals surface area contributed by atoms with Crippen LogP contribution in [-0.4, -0.2) is 26.7 Å². The van der Waals surface area contributed by atoms with Gasteiger partial charge in [-0.2, -0.15) is 0 Å². The number of benzene rings is 2. The Balaban J connectivity index is 1.67. The predicted molar refractivity (Wildman–Crippen MR) is 117 cm³/mol. The quantitative estimate of drug-likeness (QED) is 0.569. The molecular formula is C25H26O6. The molecule has 2 aliphatic rings. The number of ether oxygens (including phenoxy) is 2. The molecule has 2 heterocycles. The Hall–Kier alpha value is -3.41. The van der Waals surface area contributed by atoms with Gasteiger partial charge in [0, 0.05) is 17.7 Å². The molecule has 3 N–H and O–H groups in total. The molecule has 0 bridgehead atoms. The molecule has 0 radical (unpaired) electrons. The summed E-state index contributed by atoms with van der Waals surface area (Å²) in [6, 6.07) is 5.74. The summed E-state index contributed by atoms with van der Waals surface area (Å²) in [5.74, 6) is 0.00129. The van der Waals surface area contributed by atoms with Gasteiger partial charge in [-0.05, 0) is 57.9 Å². The van der Waals surface area contributed by atoms with Crippen molar-refractivity contribution in [2.75, 3.05) is 0 Å².